The maximum atomic E-state index is 12.3. The van der Waals surface area contributed by atoms with Crippen molar-refractivity contribution < 1.29 is 9.53 Å². The maximum Gasteiger partial charge on any atom is 0.258 e. The van der Waals surface area contributed by atoms with E-state index >= 15 is 0 Å². The predicted octanol–water partition coefficient (Wildman–Crippen LogP) is 0.672. The number of rotatable bonds is 6. The number of ether oxygens (including phenoxy) is 1. The van der Waals surface area contributed by atoms with Crippen LogP contribution in [0, 0.1) is 0 Å². The zero-order chi connectivity index (χ0) is 15.2. The fraction of sp³-hybridized carbons (Fsp3) is 0.643. The van der Waals surface area contributed by atoms with Crippen molar-refractivity contribution in [1.82, 2.24) is 20.2 Å². The van der Waals surface area contributed by atoms with E-state index in [9.17, 15) is 4.79 Å². The van der Waals surface area contributed by atoms with Crippen LogP contribution in [0.1, 0.15) is 37.0 Å². The van der Waals surface area contributed by atoms with Crippen LogP contribution in [0.5, 0.6) is 5.88 Å². The highest BCUT2D eigenvalue weighted by atomic mass is 16.5. The number of nitrogens with two attached hydrogens (primary N) is 1. The van der Waals surface area contributed by atoms with Gasteiger partial charge in [-0.2, -0.15) is 4.98 Å². The molecule has 0 spiro atoms. The van der Waals surface area contributed by atoms with Crippen LogP contribution in [0.3, 0.4) is 0 Å². The Morgan fingerprint density at radius 1 is 1.57 bits per heavy atom. The lowest BCUT2D eigenvalue weighted by atomic mass is 10.2. The molecule has 0 saturated carbocycles. The number of aromatic nitrogens is 2. The van der Waals surface area contributed by atoms with Gasteiger partial charge in [0.15, 0.2) is 0 Å². The molecule has 7 heteroatoms. The number of likely N-dealkylation sites (tertiary alicyclic amines) is 1. The van der Waals surface area contributed by atoms with E-state index in [0.29, 0.717) is 24.8 Å². The number of anilines is 1. The van der Waals surface area contributed by atoms with Gasteiger partial charge in [0.25, 0.3) is 5.91 Å². The maximum absolute atomic E-state index is 12.3. The van der Waals surface area contributed by atoms with Gasteiger partial charge in [-0.1, -0.05) is 6.92 Å². The third-order valence-corrected chi connectivity index (χ3v) is 3.70. The SMILES string of the molecule is CCOc1nc(N)ncc1C(=O)NCC1CCCN1CC. The Labute approximate surface area is 124 Å². The zero-order valence-corrected chi connectivity index (χ0v) is 12.6. The second-order valence-electron chi connectivity index (χ2n) is 5.01. The highest BCUT2D eigenvalue weighted by molar-refractivity contribution is 5.96. The van der Waals surface area contributed by atoms with Crippen molar-refractivity contribution in [3.05, 3.63) is 11.8 Å². The van der Waals surface area contributed by atoms with E-state index in [1.807, 2.05) is 6.92 Å². The molecule has 1 unspecified atom stereocenters. The molecule has 0 bridgehead atoms. The van der Waals surface area contributed by atoms with E-state index < -0.39 is 0 Å². The number of hydrogen-bond donors (Lipinski definition) is 2. The average Bonchev–Trinajstić information content (AvgIpc) is 2.93. The number of carbonyl (C=O) groups is 1. The third-order valence-electron chi connectivity index (χ3n) is 3.70. The van der Waals surface area contributed by atoms with Crippen molar-refractivity contribution >= 4 is 11.9 Å². The first-order valence-electron chi connectivity index (χ1n) is 7.43. The number of carbonyl (C=O) groups excluding carboxylic acids is 1. The van der Waals surface area contributed by atoms with Crippen LogP contribution in [0.2, 0.25) is 0 Å². The minimum atomic E-state index is -0.221. The molecule has 1 atom stereocenters. The first-order chi connectivity index (χ1) is 10.2. The fourth-order valence-electron chi connectivity index (χ4n) is 2.63. The largest absolute Gasteiger partial charge is 0.477 e. The van der Waals surface area contributed by atoms with Crippen molar-refractivity contribution in [2.75, 3.05) is 32.0 Å². The molecule has 0 aliphatic carbocycles. The fourth-order valence-corrected chi connectivity index (χ4v) is 2.63. The topological polar surface area (TPSA) is 93.4 Å². The highest BCUT2D eigenvalue weighted by Gasteiger charge is 2.24. The number of nitrogen functional groups attached to an aromatic ring is 1. The van der Waals surface area contributed by atoms with Gasteiger partial charge in [-0.3, -0.25) is 9.69 Å². The molecule has 2 heterocycles. The molecule has 0 radical (unpaired) electrons. The minimum absolute atomic E-state index is 0.1000. The van der Waals surface area contributed by atoms with Crippen molar-refractivity contribution in [3.63, 3.8) is 0 Å². The first kappa shape index (κ1) is 15.5. The third kappa shape index (κ3) is 3.81. The lowest BCUT2D eigenvalue weighted by Crippen LogP contribution is -2.40. The monoisotopic (exact) mass is 293 g/mol. The van der Waals surface area contributed by atoms with Crippen LogP contribution in [0.15, 0.2) is 6.20 Å². The Morgan fingerprint density at radius 3 is 3.10 bits per heavy atom. The van der Waals surface area contributed by atoms with Gasteiger partial charge in [0.1, 0.15) is 5.56 Å². The normalized spacial score (nSPS) is 18.7. The molecule has 1 fully saturated rings. The molecule has 1 aliphatic heterocycles. The molecule has 0 aromatic carbocycles. The van der Waals surface area contributed by atoms with Crippen LogP contribution in [0.25, 0.3) is 0 Å². The van der Waals surface area contributed by atoms with Crippen molar-refractivity contribution in [1.29, 1.82) is 0 Å². The quantitative estimate of drug-likeness (QED) is 0.801. The Kier molecular flexibility index (Phi) is 5.32. The van der Waals surface area contributed by atoms with Gasteiger partial charge >= 0.3 is 0 Å². The van der Waals surface area contributed by atoms with E-state index in [1.165, 1.54) is 12.6 Å². The van der Waals surface area contributed by atoms with E-state index in [2.05, 4.69) is 27.1 Å². The molecular weight excluding hydrogens is 270 g/mol. The van der Waals surface area contributed by atoms with E-state index in [4.69, 9.17) is 10.5 Å². The summed E-state index contributed by atoms with van der Waals surface area (Å²) in [5.74, 6) is 0.116. The molecule has 1 saturated heterocycles. The lowest BCUT2D eigenvalue weighted by molar-refractivity contribution is 0.0936. The van der Waals surface area contributed by atoms with Gasteiger partial charge < -0.3 is 15.8 Å². The summed E-state index contributed by atoms with van der Waals surface area (Å²) < 4.78 is 5.35. The van der Waals surface area contributed by atoms with Crippen LogP contribution in [-0.4, -0.2) is 53.1 Å². The number of nitrogens with zero attached hydrogens (tertiary/aromatic N) is 3. The lowest BCUT2D eigenvalue weighted by Gasteiger charge is -2.23. The second kappa shape index (κ2) is 7.21. The summed E-state index contributed by atoms with van der Waals surface area (Å²) in [6, 6.07) is 0.407. The Balaban J connectivity index is 2.00. The minimum Gasteiger partial charge on any atom is -0.477 e. The van der Waals surface area contributed by atoms with Gasteiger partial charge in [-0.15, -0.1) is 0 Å². The molecular formula is C14H23N5O2. The number of likely N-dealkylation sites (N-methyl/N-ethyl adjacent to an activating group) is 1. The Morgan fingerprint density at radius 2 is 2.38 bits per heavy atom. The molecule has 2 rings (SSSR count). The van der Waals surface area contributed by atoms with Gasteiger partial charge in [0, 0.05) is 18.8 Å². The Bertz CT molecular complexity index is 494. The molecule has 21 heavy (non-hydrogen) atoms. The summed E-state index contributed by atoms with van der Waals surface area (Å²) in [5, 5.41) is 2.94. The Hall–Kier alpha value is -1.89. The van der Waals surface area contributed by atoms with Crippen molar-refractivity contribution in [3.8, 4) is 5.88 Å². The highest BCUT2D eigenvalue weighted by Crippen LogP contribution is 2.17. The summed E-state index contributed by atoms with van der Waals surface area (Å²) in [6.45, 7) is 7.13. The van der Waals surface area contributed by atoms with Crippen molar-refractivity contribution in [2.45, 2.75) is 32.7 Å². The second-order valence-corrected chi connectivity index (χ2v) is 5.01. The van der Waals surface area contributed by atoms with Crippen molar-refractivity contribution in [2.24, 2.45) is 0 Å². The van der Waals surface area contributed by atoms with Crippen LogP contribution >= 0.6 is 0 Å². The number of amides is 1. The molecule has 7 nitrogen and oxygen atoms in total. The number of hydrogen-bond acceptors (Lipinski definition) is 6. The molecule has 1 aromatic rings. The zero-order valence-electron chi connectivity index (χ0n) is 12.6. The summed E-state index contributed by atoms with van der Waals surface area (Å²) in [6.07, 6.45) is 3.71. The van der Waals surface area contributed by atoms with E-state index in [1.54, 1.807) is 0 Å². The summed E-state index contributed by atoms with van der Waals surface area (Å²) in [4.78, 5) is 22.5. The van der Waals surface area contributed by atoms with Crippen LogP contribution in [-0.2, 0) is 0 Å². The molecule has 1 amide bonds. The summed E-state index contributed by atoms with van der Waals surface area (Å²) >= 11 is 0. The van der Waals surface area contributed by atoms with Gasteiger partial charge in [0.05, 0.1) is 6.61 Å². The molecule has 116 valence electrons. The van der Waals surface area contributed by atoms with Gasteiger partial charge in [0.2, 0.25) is 11.8 Å². The average molecular weight is 293 g/mol. The summed E-state index contributed by atoms with van der Waals surface area (Å²) in [5.41, 5.74) is 5.85. The van der Waals surface area contributed by atoms with Crippen LogP contribution < -0.4 is 15.8 Å². The molecule has 1 aliphatic rings. The predicted molar refractivity (Wildman–Crippen MR) is 80.2 cm³/mol. The molecule has 3 N–H and O–H groups in total. The van der Waals surface area contributed by atoms with Gasteiger partial charge in [-0.05, 0) is 32.9 Å². The number of nitrogens with one attached hydrogen (secondary N) is 1. The van der Waals surface area contributed by atoms with E-state index in [0.717, 1.165) is 19.5 Å². The molecule has 1 aromatic heterocycles. The van der Waals surface area contributed by atoms with E-state index in [-0.39, 0.29) is 17.7 Å². The first-order valence-corrected chi connectivity index (χ1v) is 7.43. The standard InChI is InChI=1S/C14H23N5O2/c1-3-19-7-5-6-10(19)8-16-12(20)11-9-17-14(15)18-13(11)21-4-2/h9-10H,3-8H2,1-2H3,(H,16,20)(H2,15,17,18). The van der Waals surface area contributed by atoms with Gasteiger partial charge in [-0.25, -0.2) is 4.98 Å². The smallest absolute Gasteiger partial charge is 0.258 e. The van der Waals surface area contributed by atoms with Crippen LogP contribution in [0.4, 0.5) is 5.95 Å². The summed E-state index contributed by atoms with van der Waals surface area (Å²) in [7, 11) is 0.